The van der Waals surface area contributed by atoms with Crippen molar-refractivity contribution in [2.45, 2.75) is 19.6 Å². The topological polar surface area (TPSA) is 44.5 Å². The van der Waals surface area contributed by atoms with E-state index in [9.17, 15) is 0 Å². The summed E-state index contributed by atoms with van der Waals surface area (Å²) in [7, 11) is 1.65. The van der Waals surface area contributed by atoms with Gasteiger partial charge in [0.2, 0.25) is 0 Å². The van der Waals surface area contributed by atoms with Crippen molar-refractivity contribution in [3.05, 3.63) is 58.1 Å². The van der Waals surface area contributed by atoms with Gasteiger partial charge < -0.3 is 15.2 Å². The Balaban J connectivity index is 2.11. The summed E-state index contributed by atoms with van der Waals surface area (Å²) in [6.45, 7) is 2.44. The minimum Gasteiger partial charge on any atom is -0.496 e. The van der Waals surface area contributed by atoms with Crippen LogP contribution in [0.2, 0.25) is 0 Å². The lowest BCUT2D eigenvalue weighted by Gasteiger charge is -2.14. The largest absolute Gasteiger partial charge is 0.496 e. The van der Waals surface area contributed by atoms with Crippen LogP contribution in [0.15, 0.2) is 46.9 Å². The van der Waals surface area contributed by atoms with Gasteiger partial charge in [-0.1, -0.05) is 24.3 Å². The zero-order valence-corrected chi connectivity index (χ0v) is 13.2. The monoisotopic (exact) mass is 335 g/mol. The predicted molar refractivity (Wildman–Crippen MR) is 84.1 cm³/mol. The maximum Gasteiger partial charge on any atom is 0.133 e. The Bertz CT molecular complexity index is 584. The molecule has 0 spiro atoms. The van der Waals surface area contributed by atoms with E-state index >= 15 is 0 Å². The molecule has 0 aliphatic heterocycles. The van der Waals surface area contributed by atoms with Crippen molar-refractivity contribution in [2.24, 2.45) is 5.73 Å². The molecule has 0 saturated heterocycles. The highest BCUT2D eigenvalue weighted by Crippen LogP contribution is 2.27. The van der Waals surface area contributed by atoms with Crippen LogP contribution in [-0.4, -0.2) is 7.11 Å². The summed E-state index contributed by atoms with van der Waals surface area (Å²) in [6.07, 6.45) is 0. The number of ether oxygens (including phenoxy) is 2. The lowest BCUT2D eigenvalue weighted by Crippen LogP contribution is -2.08. The average molecular weight is 336 g/mol. The molecule has 2 N–H and O–H groups in total. The SMILES string of the molecule is COc1ccc(COc2ccccc2[C@@H](C)N)cc1Br. The van der Waals surface area contributed by atoms with Gasteiger partial charge in [-0.05, 0) is 46.6 Å². The van der Waals surface area contributed by atoms with E-state index in [0.717, 1.165) is 27.1 Å². The molecule has 0 radical (unpaired) electrons. The first-order chi connectivity index (χ1) is 9.61. The van der Waals surface area contributed by atoms with Crippen molar-refractivity contribution < 1.29 is 9.47 Å². The van der Waals surface area contributed by atoms with Crippen LogP contribution >= 0.6 is 15.9 Å². The second kappa shape index (κ2) is 6.77. The van der Waals surface area contributed by atoms with Gasteiger partial charge in [0, 0.05) is 11.6 Å². The lowest BCUT2D eigenvalue weighted by molar-refractivity contribution is 0.301. The normalized spacial score (nSPS) is 12.0. The molecule has 1 atom stereocenters. The van der Waals surface area contributed by atoms with Crippen LogP contribution in [0.1, 0.15) is 24.1 Å². The van der Waals surface area contributed by atoms with Crippen molar-refractivity contribution in [3.8, 4) is 11.5 Å². The van der Waals surface area contributed by atoms with E-state index in [0.29, 0.717) is 6.61 Å². The molecule has 0 saturated carbocycles. The van der Waals surface area contributed by atoms with Gasteiger partial charge in [0.15, 0.2) is 0 Å². The summed E-state index contributed by atoms with van der Waals surface area (Å²) in [5, 5.41) is 0. The van der Waals surface area contributed by atoms with Gasteiger partial charge in [-0.3, -0.25) is 0 Å². The lowest BCUT2D eigenvalue weighted by atomic mass is 10.1. The molecule has 0 aliphatic carbocycles. The molecule has 0 fully saturated rings. The molecule has 0 amide bonds. The van der Waals surface area contributed by atoms with Gasteiger partial charge in [-0.15, -0.1) is 0 Å². The van der Waals surface area contributed by atoms with Gasteiger partial charge in [0.05, 0.1) is 11.6 Å². The summed E-state index contributed by atoms with van der Waals surface area (Å²) >= 11 is 3.47. The maximum absolute atomic E-state index is 5.94. The van der Waals surface area contributed by atoms with Gasteiger partial charge in [-0.25, -0.2) is 0 Å². The van der Waals surface area contributed by atoms with Gasteiger partial charge in [0.25, 0.3) is 0 Å². The van der Waals surface area contributed by atoms with Crippen LogP contribution in [0.25, 0.3) is 0 Å². The molecular formula is C16H18BrNO2. The van der Waals surface area contributed by atoms with E-state index < -0.39 is 0 Å². The van der Waals surface area contributed by atoms with E-state index in [4.69, 9.17) is 15.2 Å². The standard InChI is InChI=1S/C16H18BrNO2/c1-11(18)13-5-3-4-6-15(13)20-10-12-7-8-16(19-2)14(17)9-12/h3-9,11H,10,18H2,1-2H3/t11-/m1/s1. The molecule has 0 unspecified atom stereocenters. The third-order valence-electron chi connectivity index (χ3n) is 3.02. The summed E-state index contributed by atoms with van der Waals surface area (Å²) < 4.78 is 12.0. The zero-order valence-electron chi connectivity index (χ0n) is 11.6. The molecule has 2 rings (SSSR count). The quantitative estimate of drug-likeness (QED) is 0.896. The van der Waals surface area contributed by atoms with Gasteiger partial charge >= 0.3 is 0 Å². The summed E-state index contributed by atoms with van der Waals surface area (Å²) in [5.74, 6) is 1.64. The number of nitrogens with two attached hydrogens (primary N) is 1. The number of hydrogen-bond acceptors (Lipinski definition) is 3. The first-order valence-corrected chi connectivity index (χ1v) is 7.21. The van der Waals surface area contributed by atoms with Crippen LogP contribution in [0, 0.1) is 0 Å². The van der Waals surface area contributed by atoms with Crippen molar-refractivity contribution in [2.75, 3.05) is 7.11 Å². The van der Waals surface area contributed by atoms with Crippen molar-refractivity contribution >= 4 is 15.9 Å². The minimum atomic E-state index is -0.0474. The van der Waals surface area contributed by atoms with Crippen LogP contribution in [-0.2, 0) is 6.61 Å². The van der Waals surface area contributed by atoms with Crippen LogP contribution in [0.5, 0.6) is 11.5 Å². The molecule has 20 heavy (non-hydrogen) atoms. The highest BCUT2D eigenvalue weighted by atomic mass is 79.9. The Morgan fingerprint density at radius 2 is 1.90 bits per heavy atom. The molecule has 0 aliphatic rings. The number of methoxy groups -OCH3 is 1. The first kappa shape index (κ1) is 14.9. The number of para-hydroxylation sites is 1. The number of hydrogen-bond donors (Lipinski definition) is 1. The highest BCUT2D eigenvalue weighted by molar-refractivity contribution is 9.10. The highest BCUT2D eigenvalue weighted by Gasteiger charge is 2.08. The molecule has 106 valence electrons. The fourth-order valence-corrected chi connectivity index (χ4v) is 2.54. The molecule has 2 aromatic rings. The Labute approximate surface area is 127 Å². The Morgan fingerprint density at radius 3 is 2.55 bits per heavy atom. The van der Waals surface area contributed by atoms with Gasteiger partial charge in [0.1, 0.15) is 18.1 Å². The predicted octanol–water partition coefficient (Wildman–Crippen LogP) is 4.06. The van der Waals surface area contributed by atoms with E-state index in [1.165, 1.54) is 0 Å². The third-order valence-corrected chi connectivity index (χ3v) is 3.64. The number of benzene rings is 2. The molecule has 3 nitrogen and oxygen atoms in total. The second-order valence-corrected chi connectivity index (χ2v) is 5.44. The minimum absolute atomic E-state index is 0.0474. The summed E-state index contributed by atoms with van der Waals surface area (Å²) in [4.78, 5) is 0. The Morgan fingerprint density at radius 1 is 1.15 bits per heavy atom. The average Bonchev–Trinajstić information content (AvgIpc) is 2.45. The zero-order chi connectivity index (χ0) is 14.5. The molecule has 0 aromatic heterocycles. The molecule has 2 aromatic carbocycles. The van der Waals surface area contributed by atoms with Gasteiger partial charge in [-0.2, -0.15) is 0 Å². The van der Waals surface area contributed by atoms with Crippen molar-refractivity contribution in [1.82, 2.24) is 0 Å². The van der Waals surface area contributed by atoms with Crippen molar-refractivity contribution in [3.63, 3.8) is 0 Å². The van der Waals surface area contributed by atoms with E-state index in [1.54, 1.807) is 7.11 Å². The fraction of sp³-hybridized carbons (Fsp3) is 0.250. The Kier molecular flexibility index (Phi) is 5.04. The molecule has 0 heterocycles. The molecule has 0 bridgehead atoms. The fourth-order valence-electron chi connectivity index (χ4n) is 1.95. The summed E-state index contributed by atoms with van der Waals surface area (Å²) in [6, 6.07) is 13.7. The van der Waals surface area contributed by atoms with Crippen LogP contribution < -0.4 is 15.2 Å². The molecular weight excluding hydrogens is 318 g/mol. The smallest absolute Gasteiger partial charge is 0.133 e. The van der Waals surface area contributed by atoms with E-state index in [1.807, 2.05) is 49.4 Å². The molecule has 4 heteroatoms. The third kappa shape index (κ3) is 3.52. The first-order valence-electron chi connectivity index (χ1n) is 6.41. The second-order valence-electron chi connectivity index (χ2n) is 4.58. The maximum atomic E-state index is 5.94. The van der Waals surface area contributed by atoms with E-state index in [2.05, 4.69) is 15.9 Å². The number of rotatable bonds is 5. The van der Waals surface area contributed by atoms with Crippen molar-refractivity contribution in [1.29, 1.82) is 0 Å². The summed E-state index contributed by atoms with van der Waals surface area (Å²) in [5.41, 5.74) is 8.02. The van der Waals surface area contributed by atoms with Crippen LogP contribution in [0.4, 0.5) is 0 Å². The van der Waals surface area contributed by atoms with Crippen LogP contribution in [0.3, 0.4) is 0 Å². The number of halogens is 1. The Hall–Kier alpha value is -1.52. The van der Waals surface area contributed by atoms with E-state index in [-0.39, 0.29) is 6.04 Å².